The van der Waals surface area contributed by atoms with Gasteiger partial charge in [0.05, 0.1) is 13.7 Å². The van der Waals surface area contributed by atoms with Crippen LogP contribution in [0.1, 0.15) is 26.2 Å². The summed E-state index contributed by atoms with van der Waals surface area (Å²) in [6.45, 7) is 2.82. The predicted molar refractivity (Wildman–Crippen MR) is 86.8 cm³/mol. The van der Waals surface area contributed by atoms with Crippen LogP contribution in [0.15, 0.2) is 36.4 Å². The van der Waals surface area contributed by atoms with Gasteiger partial charge in [0.25, 0.3) is 0 Å². The maximum absolute atomic E-state index is 9.65. The van der Waals surface area contributed by atoms with Crippen molar-refractivity contribution in [2.24, 2.45) is 0 Å². The lowest BCUT2D eigenvalue weighted by atomic mass is 10.0. The van der Waals surface area contributed by atoms with Gasteiger partial charge in [0.1, 0.15) is 11.5 Å². The molecule has 0 atom stereocenters. The predicted octanol–water partition coefficient (Wildman–Crippen LogP) is 4.34. The van der Waals surface area contributed by atoms with Gasteiger partial charge in [-0.15, -0.1) is 0 Å². The highest BCUT2D eigenvalue weighted by molar-refractivity contribution is 5.69. The molecule has 0 bridgehead atoms. The van der Waals surface area contributed by atoms with E-state index < -0.39 is 0 Å². The normalized spacial score (nSPS) is 10.5. The Balaban J connectivity index is 2.24. The molecule has 0 amide bonds. The summed E-state index contributed by atoms with van der Waals surface area (Å²) in [5.41, 5.74) is 1.65. The minimum absolute atomic E-state index is 0.136. The summed E-state index contributed by atoms with van der Waals surface area (Å²) in [7, 11) is 1.61. The number of unbranched alkanes of at least 4 members (excludes halogenated alkanes) is 2. The first kappa shape index (κ1) is 16.0. The molecule has 0 heterocycles. The Labute approximate surface area is 130 Å². The topological polar surface area (TPSA) is 58.9 Å². The highest BCUT2D eigenvalue weighted by Crippen LogP contribution is 2.34. The summed E-state index contributed by atoms with van der Waals surface area (Å²) >= 11 is 0. The molecule has 2 N–H and O–H groups in total. The van der Waals surface area contributed by atoms with Gasteiger partial charge in [0, 0.05) is 6.07 Å². The first-order valence-electron chi connectivity index (χ1n) is 7.48. The van der Waals surface area contributed by atoms with E-state index in [0.29, 0.717) is 12.4 Å². The summed E-state index contributed by atoms with van der Waals surface area (Å²) in [4.78, 5) is 0. The Kier molecular flexibility index (Phi) is 5.53. The van der Waals surface area contributed by atoms with Gasteiger partial charge in [-0.1, -0.05) is 25.8 Å². The van der Waals surface area contributed by atoms with Crippen LogP contribution in [0, 0.1) is 0 Å². The summed E-state index contributed by atoms with van der Waals surface area (Å²) in [5.74, 6) is 1.14. The average Bonchev–Trinajstić information content (AvgIpc) is 2.54. The zero-order chi connectivity index (χ0) is 15.9. The van der Waals surface area contributed by atoms with E-state index >= 15 is 0 Å². The lowest BCUT2D eigenvalue weighted by molar-refractivity contribution is 0.304. The van der Waals surface area contributed by atoms with Crippen molar-refractivity contribution in [1.29, 1.82) is 0 Å². The molecule has 0 aromatic heterocycles. The second-order valence-corrected chi connectivity index (χ2v) is 5.16. The minimum atomic E-state index is -0.147. The van der Waals surface area contributed by atoms with E-state index in [1.54, 1.807) is 13.2 Å². The zero-order valence-corrected chi connectivity index (χ0v) is 13.0. The number of hydrogen-bond acceptors (Lipinski definition) is 4. The number of phenols is 2. The molecule has 0 aliphatic rings. The summed E-state index contributed by atoms with van der Waals surface area (Å²) in [6, 6.07) is 10.3. The third-order valence-corrected chi connectivity index (χ3v) is 3.44. The van der Waals surface area contributed by atoms with Crippen LogP contribution in [0.3, 0.4) is 0 Å². The van der Waals surface area contributed by atoms with Crippen molar-refractivity contribution in [2.45, 2.75) is 26.2 Å². The van der Waals surface area contributed by atoms with Crippen LogP contribution in [-0.4, -0.2) is 23.9 Å². The maximum Gasteiger partial charge on any atom is 0.158 e. The minimum Gasteiger partial charge on any atom is -0.504 e. The van der Waals surface area contributed by atoms with Gasteiger partial charge in [-0.2, -0.15) is 0 Å². The van der Waals surface area contributed by atoms with Gasteiger partial charge in [-0.05, 0) is 41.8 Å². The summed E-state index contributed by atoms with van der Waals surface area (Å²) in [6.07, 6.45) is 3.31. The Morgan fingerprint density at radius 1 is 0.864 bits per heavy atom. The zero-order valence-electron chi connectivity index (χ0n) is 13.0. The number of hydrogen-bond donors (Lipinski definition) is 2. The number of phenolic OH excluding ortho intramolecular Hbond substituents is 2. The highest BCUT2D eigenvalue weighted by Gasteiger charge is 2.07. The fourth-order valence-electron chi connectivity index (χ4n) is 2.18. The smallest absolute Gasteiger partial charge is 0.158 e. The van der Waals surface area contributed by atoms with Crippen LogP contribution in [-0.2, 0) is 0 Å². The van der Waals surface area contributed by atoms with Crippen molar-refractivity contribution < 1.29 is 19.7 Å². The van der Waals surface area contributed by atoms with E-state index in [0.717, 1.165) is 36.1 Å². The van der Waals surface area contributed by atoms with E-state index in [9.17, 15) is 10.2 Å². The maximum atomic E-state index is 9.65. The number of ether oxygens (including phenoxy) is 2. The second kappa shape index (κ2) is 7.59. The molecule has 0 aliphatic heterocycles. The largest absolute Gasteiger partial charge is 0.504 e. The molecule has 0 fully saturated rings. The Hall–Kier alpha value is -2.36. The van der Waals surface area contributed by atoms with Gasteiger partial charge >= 0.3 is 0 Å². The van der Waals surface area contributed by atoms with Crippen LogP contribution in [0.4, 0.5) is 0 Å². The lowest BCUT2D eigenvalue weighted by Gasteiger charge is -2.11. The van der Waals surface area contributed by atoms with Crippen LogP contribution in [0.25, 0.3) is 11.1 Å². The van der Waals surface area contributed by atoms with Crippen molar-refractivity contribution in [3.63, 3.8) is 0 Å². The van der Waals surface area contributed by atoms with Crippen molar-refractivity contribution in [3.8, 4) is 34.1 Å². The molecule has 4 nitrogen and oxygen atoms in total. The molecular formula is C18H22O4. The molecule has 0 saturated carbocycles. The van der Waals surface area contributed by atoms with E-state index in [1.165, 1.54) is 12.1 Å². The third kappa shape index (κ3) is 4.07. The van der Waals surface area contributed by atoms with Crippen LogP contribution >= 0.6 is 0 Å². The second-order valence-electron chi connectivity index (χ2n) is 5.16. The van der Waals surface area contributed by atoms with Crippen LogP contribution in [0.5, 0.6) is 23.0 Å². The van der Waals surface area contributed by atoms with Gasteiger partial charge < -0.3 is 19.7 Å². The molecule has 2 aromatic rings. The Bertz CT molecular complexity index is 622. The molecular weight excluding hydrogens is 280 g/mol. The first-order valence-corrected chi connectivity index (χ1v) is 7.48. The molecule has 22 heavy (non-hydrogen) atoms. The standard InChI is InChI=1S/C18H22O4/c1-3-4-5-8-22-16-10-14(9-15(12-16)21-2)13-6-7-17(19)18(20)11-13/h6-7,9-12,19-20H,3-5,8H2,1-2H3. The van der Waals surface area contributed by atoms with Crippen LogP contribution < -0.4 is 9.47 Å². The van der Waals surface area contributed by atoms with E-state index in [4.69, 9.17) is 9.47 Å². The molecule has 118 valence electrons. The molecule has 4 heteroatoms. The SMILES string of the molecule is CCCCCOc1cc(OC)cc(-c2ccc(O)c(O)c2)c1. The van der Waals surface area contributed by atoms with E-state index in [-0.39, 0.29) is 11.5 Å². The summed E-state index contributed by atoms with van der Waals surface area (Å²) in [5, 5.41) is 19.1. The molecule has 0 saturated heterocycles. The molecule has 0 radical (unpaired) electrons. The van der Waals surface area contributed by atoms with Gasteiger partial charge in [-0.25, -0.2) is 0 Å². The Morgan fingerprint density at radius 3 is 2.32 bits per heavy atom. The highest BCUT2D eigenvalue weighted by atomic mass is 16.5. The molecule has 0 spiro atoms. The van der Waals surface area contributed by atoms with Crippen molar-refractivity contribution >= 4 is 0 Å². The number of benzene rings is 2. The molecule has 0 aliphatic carbocycles. The van der Waals surface area contributed by atoms with Crippen molar-refractivity contribution in [1.82, 2.24) is 0 Å². The van der Waals surface area contributed by atoms with Gasteiger partial charge in [-0.3, -0.25) is 0 Å². The van der Waals surface area contributed by atoms with Crippen LogP contribution in [0.2, 0.25) is 0 Å². The quantitative estimate of drug-likeness (QED) is 0.590. The fraction of sp³-hybridized carbons (Fsp3) is 0.333. The van der Waals surface area contributed by atoms with Gasteiger partial charge in [0.15, 0.2) is 11.5 Å². The monoisotopic (exact) mass is 302 g/mol. The fourth-order valence-corrected chi connectivity index (χ4v) is 2.18. The van der Waals surface area contributed by atoms with Crippen molar-refractivity contribution in [2.75, 3.05) is 13.7 Å². The molecule has 2 rings (SSSR count). The third-order valence-electron chi connectivity index (χ3n) is 3.44. The molecule has 0 unspecified atom stereocenters. The van der Waals surface area contributed by atoms with Gasteiger partial charge in [0.2, 0.25) is 0 Å². The number of aromatic hydroxyl groups is 2. The Morgan fingerprint density at radius 2 is 1.64 bits per heavy atom. The number of rotatable bonds is 7. The van der Waals surface area contributed by atoms with E-state index in [2.05, 4.69) is 6.92 Å². The number of methoxy groups -OCH3 is 1. The first-order chi connectivity index (χ1) is 10.6. The average molecular weight is 302 g/mol. The molecule has 2 aromatic carbocycles. The van der Waals surface area contributed by atoms with Crippen molar-refractivity contribution in [3.05, 3.63) is 36.4 Å². The lowest BCUT2D eigenvalue weighted by Crippen LogP contribution is -1.98. The summed E-state index contributed by atoms with van der Waals surface area (Å²) < 4.78 is 11.1. The van der Waals surface area contributed by atoms with E-state index in [1.807, 2.05) is 18.2 Å².